The Balaban J connectivity index is 2.64. The van der Waals surface area contributed by atoms with Gasteiger partial charge in [0.1, 0.15) is 0 Å². The summed E-state index contributed by atoms with van der Waals surface area (Å²) in [7, 11) is 0. The molecule has 0 aliphatic carbocycles. The van der Waals surface area contributed by atoms with Gasteiger partial charge in [-0.05, 0) is 21.5 Å². The minimum atomic E-state index is -0.834. The first-order valence-electron chi connectivity index (χ1n) is 4.25. The zero-order valence-electron chi connectivity index (χ0n) is 7.55. The van der Waals surface area contributed by atoms with E-state index < -0.39 is 11.9 Å². The highest BCUT2D eigenvalue weighted by atomic mass is 79.9. The fraction of sp³-hybridized carbons (Fsp3) is 0. The van der Waals surface area contributed by atoms with Crippen LogP contribution in [-0.2, 0) is 0 Å². The first kappa shape index (κ1) is 10.2. The molecule has 76 valence electrons. The minimum Gasteiger partial charge on any atom is -0.190 e. The Morgan fingerprint density at radius 2 is 1.73 bits per heavy atom. The number of nitrogens with zero attached hydrogens (tertiary/aromatic N) is 1. The number of halogens is 3. The summed E-state index contributed by atoms with van der Waals surface area (Å²) < 4.78 is 26.5. The Morgan fingerprint density at radius 3 is 2.33 bits per heavy atom. The van der Waals surface area contributed by atoms with Crippen molar-refractivity contribution in [2.75, 3.05) is 0 Å². The van der Waals surface area contributed by atoms with Gasteiger partial charge in [-0.3, -0.25) is 0 Å². The second-order valence-electron chi connectivity index (χ2n) is 2.96. The summed E-state index contributed by atoms with van der Waals surface area (Å²) in [5, 5.41) is 0. The van der Waals surface area contributed by atoms with Gasteiger partial charge < -0.3 is 0 Å². The fourth-order valence-corrected chi connectivity index (χ4v) is 1.90. The molecule has 0 fully saturated rings. The Kier molecular flexibility index (Phi) is 2.77. The molecule has 0 saturated carbocycles. The molecule has 0 saturated heterocycles. The molecule has 0 unspecified atom stereocenters. The van der Waals surface area contributed by atoms with Crippen molar-refractivity contribution in [2.24, 2.45) is 0 Å². The molecule has 0 spiro atoms. The van der Waals surface area contributed by atoms with Crippen molar-refractivity contribution in [3.63, 3.8) is 0 Å². The number of pyridine rings is 1. The van der Waals surface area contributed by atoms with Gasteiger partial charge >= 0.3 is 0 Å². The molecule has 1 aromatic carbocycles. The summed E-state index contributed by atoms with van der Waals surface area (Å²) in [5.41, 5.74) is 0.936. The van der Waals surface area contributed by atoms with Crippen molar-refractivity contribution in [3.8, 4) is 11.1 Å². The van der Waals surface area contributed by atoms with Crippen LogP contribution in [0.5, 0.6) is 0 Å². The van der Waals surface area contributed by atoms with Crippen LogP contribution in [0.4, 0.5) is 8.78 Å². The molecule has 0 radical (unpaired) electrons. The largest absolute Gasteiger partial charge is 0.224 e. The third kappa shape index (κ3) is 2.04. The molecular formula is C11H6BrF2N. The van der Waals surface area contributed by atoms with E-state index >= 15 is 0 Å². The van der Waals surface area contributed by atoms with E-state index in [1.807, 2.05) is 6.07 Å². The van der Waals surface area contributed by atoms with E-state index in [4.69, 9.17) is 0 Å². The Bertz CT molecular complexity index is 462. The van der Waals surface area contributed by atoms with Gasteiger partial charge in [-0.1, -0.05) is 30.3 Å². The van der Waals surface area contributed by atoms with Crippen LogP contribution in [0.15, 0.2) is 40.9 Å². The van der Waals surface area contributed by atoms with Gasteiger partial charge in [-0.25, -0.2) is 0 Å². The molecule has 0 aliphatic rings. The molecule has 1 aromatic heterocycles. The van der Waals surface area contributed by atoms with Crippen LogP contribution in [0, 0.1) is 11.9 Å². The maximum atomic E-state index is 13.4. The normalized spacial score (nSPS) is 10.3. The molecule has 1 nitrogen and oxygen atoms in total. The van der Waals surface area contributed by atoms with E-state index in [-0.39, 0.29) is 5.56 Å². The predicted molar refractivity (Wildman–Crippen MR) is 57.3 cm³/mol. The summed E-state index contributed by atoms with van der Waals surface area (Å²) in [5.74, 6) is -1.65. The summed E-state index contributed by atoms with van der Waals surface area (Å²) in [6.45, 7) is 0. The third-order valence-electron chi connectivity index (χ3n) is 1.96. The topological polar surface area (TPSA) is 12.9 Å². The van der Waals surface area contributed by atoms with E-state index in [1.54, 1.807) is 24.3 Å². The summed E-state index contributed by atoms with van der Waals surface area (Å²) in [4.78, 5) is 3.15. The van der Waals surface area contributed by atoms with Crippen molar-refractivity contribution < 1.29 is 8.78 Å². The van der Waals surface area contributed by atoms with E-state index in [0.717, 1.165) is 6.07 Å². The van der Waals surface area contributed by atoms with Crippen LogP contribution < -0.4 is 0 Å². The van der Waals surface area contributed by atoms with Gasteiger partial charge in [0.2, 0.25) is 11.9 Å². The zero-order chi connectivity index (χ0) is 10.8. The third-order valence-corrected chi connectivity index (χ3v) is 2.58. The fourth-order valence-electron chi connectivity index (χ4n) is 1.32. The van der Waals surface area contributed by atoms with E-state index in [1.165, 1.54) is 0 Å². The van der Waals surface area contributed by atoms with Gasteiger partial charge in [0.15, 0.2) is 0 Å². The molecule has 0 aliphatic heterocycles. The van der Waals surface area contributed by atoms with Crippen molar-refractivity contribution in [1.29, 1.82) is 0 Å². The second-order valence-corrected chi connectivity index (χ2v) is 3.81. The molecule has 0 bridgehead atoms. The van der Waals surface area contributed by atoms with Crippen molar-refractivity contribution >= 4 is 15.9 Å². The molecule has 0 atom stereocenters. The monoisotopic (exact) mass is 269 g/mol. The lowest BCUT2D eigenvalue weighted by atomic mass is 10.1. The van der Waals surface area contributed by atoms with Gasteiger partial charge in [0.05, 0.1) is 5.56 Å². The lowest BCUT2D eigenvalue weighted by Crippen LogP contribution is -1.93. The Morgan fingerprint density at radius 1 is 1.07 bits per heavy atom. The molecule has 4 heteroatoms. The van der Waals surface area contributed by atoms with Crippen molar-refractivity contribution in [3.05, 3.63) is 52.8 Å². The van der Waals surface area contributed by atoms with E-state index in [2.05, 4.69) is 20.9 Å². The average molecular weight is 270 g/mol. The Hall–Kier alpha value is -1.29. The average Bonchev–Trinajstić information content (AvgIpc) is 2.17. The maximum Gasteiger partial charge on any atom is 0.224 e. The van der Waals surface area contributed by atoms with Crippen LogP contribution in [0.1, 0.15) is 0 Å². The molecule has 0 N–H and O–H groups in total. The van der Waals surface area contributed by atoms with Crippen molar-refractivity contribution in [2.45, 2.75) is 0 Å². The van der Waals surface area contributed by atoms with E-state index in [0.29, 0.717) is 10.0 Å². The minimum absolute atomic E-state index is 0.275. The number of aromatic nitrogens is 1. The van der Waals surface area contributed by atoms with Crippen LogP contribution in [0.3, 0.4) is 0 Å². The summed E-state index contributed by atoms with van der Waals surface area (Å²) in [6.07, 6.45) is 0. The van der Waals surface area contributed by atoms with Gasteiger partial charge in [0, 0.05) is 10.5 Å². The van der Waals surface area contributed by atoms with Crippen LogP contribution in [-0.4, -0.2) is 4.98 Å². The second kappa shape index (κ2) is 4.06. The summed E-state index contributed by atoms with van der Waals surface area (Å²) in [6, 6.07) is 10.0. The van der Waals surface area contributed by atoms with Crippen LogP contribution >= 0.6 is 15.9 Å². The van der Waals surface area contributed by atoms with Gasteiger partial charge in [-0.2, -0.15) is 13.8 Å². The SMILES string of the molecule is Fc1cc(Br)c(-c2ccccc2)c(F)n1. The molecule has 2 rings (SSSR count). The molecule has 1 heterocycles. The Labute approximate surface area is 93.9 Å². The van der Waals surface area contributed by atoms with Crippen LogP contribution in [0.25, 0.3) is 11.1 Å². The number of hydrogen-bond acceptors (Lipinski definition) is 1. The highest BCUT2D eigenvalue weighted by molar-refractivity contribution is 9.10. The first-order valence-corrected chi connectivity index (χ1v) is 5.05. The molecular weight excluding hydrogens is 264 g/mol. The number of rotatable bonds is 1. The highest BCUT2D eigenvalue weighted by Gasteiger charge is 2.12. The lowest BCUT2D eigenvalue weighted by molar-refractivity contribution is 0.514. The summed E-state index contributed by atoms with van der Waals surface area (Å²) >= 11 is 3.11. The highest BCUT2D eigenvalue weighted by Crippen LogP contribution is 2.29. The van der Waals surface area contributed by atoms with Gasteiger partial charge in [0.25, 0.3) is 0 Å². The molecule has 2 aromatic rings. The number of hydrogen-bond donors (Lipinski definition) is 0. The quantitative estimate of drug-likeness (QED) is 0.718. The standard InChI is InChI=1S/C11H6BrF2N/c12-8-6-9(13)15-11(14)10(8)7-4-2-1-3-5-7/h1-6H. The zero-order valence-corrected chi connectivity index (χ0v) is 9.13. The maximum absolute atomic E-state index is 13.4. The first-order chi connectivity index (χ1) is 7.18. The van der Waals surface area contributed by atoms with E-state index in [9.17, 15) is 8.78 Å². The molecule has 15 heavy (non-hydrogen) atoms. The van der Waals surface area contributed by atoms with Crippen LogP contribution in [0.2, 0.25) is 0 Å². The number of benzene rings is 1. The smallest absolute Gasteiger partial charge is 0.190 e. The van der Waals surface area contributed by atoms with Gasteiger partial charge in [-0.15, -0.1) is 0 Å². The molecule has 0 amide bonds. The predicted octanol–water partition coefficient (Wildman–Crippen LogP) is 3.79. The lowest BCUT2D eigenvalue weighted by Gasteiger charge is -2.05. The van der Waals surface area contributed by atoms with Crippen molar-refractivity contribution in [1.82, 2.24) is 4.98 Å².